The summed E-state index contributed by atoms with van der Waals surface area (Å²) in [5.74, 6) is -0.468. The fourth-order valence-corrected chi connectivity index (χ4v) is 16.8. The van der Waals surface area contributed by atoms with Gasteiger partial charge in [0.2, 0.25) is 11.8 Å². The van der Waals surface area contributed by atoms with Crippen LogP contribution in [-0.2, 0) is 30.4 Å². The number of piperidine rings is 1. The number of ether oxygens (including phenoxy) is 5. The molecule has 5 saturated heterocycles. The number of aryl methyl sites for hydroxylation is 1. The number of nitrogens with one attached hydrogen (secondary N) is 1. The predicted octanol–water partition coefficient (Wildman–Crippen LogP) is 12.5. The number of halogens is 1. The number of hydrogen-bond acceptors (Lipinski definition) is 19. The molecule has 6 fully saturated rings. The summed E-state index contributed by atoms with van der Waals surface area (Å²) >= 11 is 1.53. The third-order valence-corrected chi connectivity index (χ3v) is 23.6. The monoisotopic (exact) mass is 1440 g/mol. The zero-order chi connectivity index (χ0) is 72.3. The molecule has 14 rings (SSSR count). The van der Waals surface area contributed by atoms with E-state index < -0.39 is 55.5 Å². The van der Waals surface area contributed by atoms with Crippen molar-refractivity contribution < 1.29 is 57.5 Å². The van der Waals surface area contributed by atoms with Crippen molar-refractivity contribution in [2.24, 2.45) is 5.92 Å². The molecule has 0 spiro atoms. The molecule has 9 heterocycles. The van der Waals surface area contributed by atoms with Gasteiger partial charge >= 0.3 is 18.2 Å². The Labute approximate surface area is 604 Å². The molecule has 1 saturated carbocycles. The van der Waals surface area contributed by atoms with Crippen LogP contribution < -0.4 is 19.7 Å². The van der Waals surface area contributed by atoms with E-state index in [0.717, 1.165) is 76.2 Å². The molecule has 3 N–H and O–H groups in total. The molecule has 6 aliphatic rings. The Morgan fingerprint density at radius 2 is 1.62 bits per heavy atom. The van der Waals surface area contributed by atoms with Crippen LogP contribution >= 0.6 is 11.3 Å². The van der Waals surface area contributed by atoms with Crippen molar-refractivity contribution in [1.29, 1.82) is 0 Å². The first-order valence-corrected chi connectivity index (χ1v) is 41.0. The standard InChI is InChI=1S/C76H94FN13O11SSi/c1-43(2)67(72(94)88-38-53(92)32-62(88)71(93)80-60(40-91)49-20-22-50(23-21-49)69-45(4)78-42-102-69)89-39-59(83-84-89)48-16-14-46(15-17-48)41-99-68-65(64-44(3)58(77)34-61-57(64)35-79-90(61)63-13-11-12-28-97-63)55(47-18-19-47)33-56-66(68)81-73(100-54-24-26-85(27-25-54)74(95)98-29-30-103(8,9)10)82-70(56)86-36-52-31-51(86)37-87(52)75(96)101-76(5,6)7/h14-17,20-23,33-35,39,42-43,47,51-54,60,62-63,67,91-92H,11-13,18-19,24-32,36-38,40-41H2,1-10H3,(H,80,93)/t51-,52-,53+,60-,62-,63?,67-/m0/s1. The highest BCUT2D eigenvalue weighted by atomic mass is 32.1. The van der Waals surface area contributed by atoms with Crippen LogP contribution in [0.1, 0.15) is 145 Å². The third-order valence-electron chi connectivity index (χ3n) is 20.9. The van der Waals surface area contributed by atoms with E-state index in [-0.39, 0.29) is 80.6 Å². The van der Waals surface area contributed by atoms with Crippen LogP contribution in [0.3, 0.4) is 0 Å². The Hall–Kier alpha value is -8.63. The Bertz CT molecular complexity index is 4460. The van der Waals surface area contributed by atoms with Gasteiger partial charge in [-0.1, -0.05) is 87.2 Å². The highest BCUT2D eigenvalue weighted by Crippen LogP contribution is 2.54. The van der Waals surface area contributed by atoms with E-state index in [9.17, 15) is 29.4 Å². The molecule has 103 heavy (non-hydrogen) atoms. The van der Waals surface area contributed by atoms with Crippen LogP contribution in [0.4, 0.5) is 19.8 Å². The van der Waals surface area contributed by atoms with Crippen molar-refractivity contribution in [2.75, 3.05) is 57.4 Å². The van der Waals surface area contributed by atoms with Crippen molar-refractivity contribution in [1.82, 2.24) is 59.7 Å². The van der Waals surface area contributed by atoms with Crippen LogP contribution in [0.25, 0.3) is 54.6 Å². The Balaban J connectivity index is 0.784. The Morgan fingerprint density at radius 3 is 2.28 bits per heavy atom. The van der Waals surface area contributed by atoms with E-state index in [1.54, 1.807) is 29.6 Å². The number of aliphatic hydroxyl groups excluding tert-OH is 2. The molecule has 1 aliphatic carbocycles. The average Bonchev–Trinajstić information content (AvgIpc) is 1.69. The molecule has 4 amide bonds. The normalized spacial score (nSPS) is 20.9. The number of rotatable bonds is 21. The molecule has 1 unspecified atom stereocenters. The summed E-state index contributed by atoms with van der Waals surface area (Å²) in [5, 5.41) is 40.0. The molecule has 8 aromatic rings. The third kappa shape index (κ3) is 15.1. The summed E-state index contributed by atoms with van der Waals surface area (Å²) in [5.41, 5.74) is 9.46. The number of benzene rings is 4. The number of thiazole rings is 1. The van der Waals surface area contributed by atoms with Gasteiger partial charge in [-0.3, -0.25) is 9.59 Å². The van der Waals surface area contributed by atoms with Gasteiger partial charge in [-0.05, 0) is 125 Å². The second kappa shape index (κ2) is 29.1. The number of carbonyl (C=O) groups excluding carboxylic acids is 4. The summed E-state index contributed by atoms with van der Waals surface area (Å²) in [6, 6.07) is 17.1. The topological polar surface area (TPSA) is 267 Å². The number of β-amino-alcohol motifs (C(OH)–C–C–N with tert-alkyl or cyclic N) is 1. The van der Waals surface area contributed by atoms with Crippen LogP contribution in [0.5, 0.6) is 11.8 Å². The number of hydrogen-bond donors (Lipinski definition) is 3. The van der Waals surface area contributed by atoms with Crippen LogP contribution in [0.2, 0.25) is 25.7 Å². The number of aromatic nitrogens is 8. The molecule has 546 valence electrons. The lowest BCUT2D eigenvalue weighted by Crippen LogP contribution is -2.50. The van der Waals surface area contributed by atoms with Gasteiger partial charge in [-0.25, -0.2) is 28.3 Å². The smallest absolute Gasteiger partial charge is 0.410 e. The molecule has 5 aliphatic heterocycles. The minimum atomic E-state index is -1.43. The quantitative estimate of drug-likeness (QED) is 0.0564. The summed E-state index contributed by atoms with van der Waals surface area (Å²) < 4.78 is 52.8. The Kier molecular flexibility index (Phi) is 20.2. The van der Waals surface area contributed by atoms with Crippen molar-refractivity contribution in [3.63, 3.8) is 0 Å². The largest absolute Gasteiger partial charge is 0.486 e. The lowest BCUT2D eigenvalue weighted by molar-refractivity contribution is -0.142. The number of amides is 4. The van der Waals surface area contributed by atoms with Gasteiger partial charge < -0.3 is 58.8 Å². The molecule has 27 heteroatoms. The average molecular weight is 1440 g/mol. The molecule has 24 nitrogen and oxygen atoms in total. The van der Waals surface area contributed by atoms with E-state index in [1.165, 1.54) is 20.9 Å². The minimum absolute atomic E-state index is 0.0180. The van der Waals surface area contributed by atoms with Crippen molar-refractivity contribution in [2.45, 2.75) is 199 Å². The number of likely N-dealkylation sites (tertiary alicyclic amines) is 3. The maximum Gasteiger partial charge on any atom is 0.410 e. The van der Waals surface area contributed by atoms with Gasteiger partial charge in [0.15, 0.2) is 12.0 Å². The summed E-state index contributed by atoms with van der Waals surface area (Å²) in [6.07, 6.45) is 7.31. The number of nitrogens with zero attached hydrogens (tertiary/aromatic N) is 12. The van der Waals surface area contributed by atoms with Gasteiger partial charge in [0, 0.05) is 100 Å². The fraction of sp³-hybridized carbons (Fsp3) is 0.526. The zero-order valence-electron chi connectivity index (χ0n) is 60.4. The van der Waals surface area contributed by atoms with Crippen molar-refractivity contribution in [3.05, 3.63) is 112 Å². The van der Waals surface area contributed by atoms with Crippen LogP contribution in [0.15, 0.2) is 78.6 Å². The summed E-state index contributed by atoms with van der Waals surface area (Å²) in [7, 11) is -1.43. The lowest BCUT2D eigenvalue weighted by Gasteiger charge is -2.36. The zero-order valence-corrected chi connectivity index (χ0v) is 62.3. The number of aliphatic hydroxyl groups is 2. The number of carbonyl (C=O) groups is 4. The van der Waals surface area contributed by atoms with E-state index in [4.69, 9.17) is 38.8 Å². The molecule has 7 atom stereocenters. The first kappa shape index (κ1) is 71.4. The number of fused-ring (bicyclic) bond motifs is 4. The molecular weight excluding hydrogens is 1350 g/mol. The molecule has 0 radical (unpaired) electrons. The second-order valence-corrected chi connectivity index (χ2v) is 37.7. The summed E-state index contributed by atoms with van der Waals surface area (Å²) in [6.45, 7) is 22.2. The van der Waals surface area contributed by atoms with Gasteiger partial charge in [-0.2, -0.15) is 15.1 Å². The second-order valence-electron chi connectivity index (χ2n) is 31.2. The highest BCUT2D eigenvalue weighted by Gasteiger charge is 2.49. The van der Waals surface area contributed by atoms with E-state index in [1.807, 2.05) is 106 Å². The van der Waals surface area contributed by atoms with Gasteiger partial charge in [0.05, 0.1) is 71.4 Å². The minimum Gasteiger partial charge on any atom is -0.486 e. The predicted molar refractivity (Wildman–Crippen MR) is 391 cm³/mol. The van der Waals surface area contributed by atoms with E-state index in [2.05, 4.69) is 51.2 Å². The molecule has 2 bridgehead atoms. The van der Waals surface area contributed by atoms with Crippen LogP contribution in [0, 0.1) is 25.6 Å². The van der Waals surface area contributed by atoms with Gasteiger partial charge in [-0.15, -0.1) is 16.4 Å². The molecule has 4 aromatic carbocycles. The van der Waals surface area contributed by atoms with Crippen molar-refractivity contribution in [3.8, 4) is 44.6 Å². The van der Waals surface area contributed by atoms with Crippen molar-refractivity contribution >= 4 is 71.0 Å². The van der Waals surface area contributed by atoms with Crippen LogP contribution in [-0.4, -0.2) is 185 Å². The van der Waals surface area contributed by atoms with E-state index in [0.29, 0.717) is 115 Å². The first-order valence-electron chi connectivity index (χ1n) is 36.4. The Morgan fingerprint density at radius 1 is 0.864 bits per heavy atom. The highest BCUT2D eigenvalue weighted by molar-refractivity contribution is 7.13. The maximum absolute atomic E-state index is 17.2. The number of piperazine rings is 1. The lowest BCUT2D eigenvalue weighted by atomic mass is 9.88. The fourth-order valence-electron chi connectivity index (χ4n) is 15.2. The number of anilines is 1. The summed E-state index contributed by atoms with van der Waals surface area (Å²) in [4.78, 5) is 79.5. The van der Waals surface area contributed by atoms with Gasteiger partial charge in [0.25, 0.3) is 0 Å². The van der Waals surface area contributed by atoms with E-state index >= 15 is 4.39 Å². The van der Waals surface area contributed by atoms with Gasteiger partial charge in [0.1, 0.15) is 53.2 Å². The maximum atomic E-state index is 17.2. The SMILES string of the molecule is Cc1ncsc1-c1ccc([C@H](CO)NC(=O)[C@@H]2C[C@@H](O)CN2C(=O)[C@H](C(C)C)n2cc(-c3ccc(COc4c(-c5c(C)c(F)cc6c5cnn6C5CCCCO5)c(C5CC5)cc5c(N6C[C@@H]7C[C@H]6CN7C(=O)OC(C)(C)C)nc(OC6CCN(C(=O)OCC[Si](C)(C)C)CC6)nc45)cc3)nn2)cc1. The molecular formula is C76H94FN13O11SSi. The first-order chi connectivity index (χ1) is 49.3. The molecule has 4 aromatic heterocycles.